The van der Waals surface area contributed by atoms with Crippen LogP contribution >= 0.6 is 0 Å². The van der Waals surface area contributed by atoms with Crippen molar-refractivity contribution in [1.82, 2.24) is 15.0 Å². The van der Waals surface area contributed by atoms with E-state index in [1.54, 1.807) is 30.9 Å². The number of hydrogen-bond donors (Lipinski definition) is 2. The van der Waals surface area contributed by atoms with Gasteiger partial charge < -0.3 is 24.0 Å². The third-order valence-electron chi connectivity index (χ3n) is 8.33. The minimum atomic E-state index is -4.05. The van der Waals surface area contributed by atoms with E-state index >= 15 is 0 Å². The van der Waals surface area contributed by atoms with Crippen molar-refractivity contribution in [2.45, 2.75) is 83.6 Å². The molecule has 1 amide bonds. The summed E-state index contributed by atoms with van der Waals surface area (Å²) in [5, 5.41) is 14.0. The van der Waals surface area contributed by atoms with Crippen LogP contribution in [0.2, 0.25) is 0 Å². The maximum Gasteiger partial charge on any atom is 0.267 e. The lowest BCUT2D eigenvalue weighted by molar-refractivity contribution is -0.0177. The third-order valence-corrected chi connectivity index (χ3v) is 9.95. The zero-order valence-corrected chi connectivity index (χ0v) is 28.5. The quantitative estimate of drug-likeness (QED) is 0.326. The topological polar surface area (TPSA) is 134 Å². The predicted octanol–water partition coefficient (Wildman–Crippen LogP) is 5.02. The van der Waals surface area contributed by atoms with Crippen molar-refractivity contribution in [3.8, 4) is 5.75 Å². The Hall–Kier alpha value is -3.45. The van der Waals surface area contributed by atoms with E-state index in [4.69, 9.17) is 14.0 Å². The Labute approximate surface area is 272 Å². The monoisotopic (exact) mass is 656 g/mol. The molecule has 2 aromatic carbocycles. The lowest BCUT2D eigenvalue weighted by atomic mass is 10.0. The number of amides is 1. The van der Waals surface area contributed by atoms with Crippen molar-refractivity contribution in [3.63, 3.8) is 0 Å². The maximum absolute atomic E-state index is 14.4. The molecule has 0 saturated heterocycles. The van der Waals surface area contributed by atoms with Crippen molar-refractivity contribution in [1.29, 1.82) is 0 Å². The van der Waals surface area contributed by atoms with Gasteiger partial charge in [-0.1, -0.05) is 42.4 Å². The van der Waals surface area contributed by atoms with Gasteiger partial charge in [-0.05, 0) is 77.8 Å². The summed E-state index contributed by atoms with van der Waals surface area (Å²) in [6, 6.07) is 14.4. The number of aryl methyl sites for hydroxylation is 2. The number of benzene rings is 2. The molecule has 1 aromatic heterocycles. The normalized spacial score (nSPS) is 20.9. The smallest absolute Gasteiger partial charge is 0.267 e. The molecule has 0 unspecified atom stereocenters. The molecule has 0 spiro atoms. The number of carbonyl (C=O) groups excluding carboxylic acids is 1. The highest BCUT2D eigenvalue weighted by Crippen LogP contribution is 2.30. The van der Waals surface area contributed by atoms with E-state index in [1.165, 1.54) is 18.6 Å². The molecule has 0 saturated carbocycles. The highest BCUT2D eigenvalue weighted by molar-refractivity contribution is 7.92. The minimum Gasteiger partial charge on any atom is -0.490 e. The fourth-order valence-corrected chi connectivity index (χ4v) is 7.16. The number of hydrogen-bond acceptors (Lipinski definition) is 9. The van der Waals surface area contributed by atoms with E-state index in [0.717, 1.165) is 25.8 Å². The largest absolute Gasteiger partial charge is 0.490 e. The van der Waals surface area contributed by atoms with Gasteiger partial charge in [0, 0.05) is 37.8 Å². The molecule has 1 aliphatic rings. The number of carbonyl (C=O) groups is 1. The predicted molar refractivity (Wildman–Crippen MR) is 176 cm³/mol. The molecule has 11 nitrogen and oxygen atoms in total. The number of rotatable bonds is 9. The number of ether oxygens (including phenoxy) is 2. The first kappa shape index (κ1) is 35.4. The van der Waals surface area contributed by atoms with Gasteiger partial charge in [0.15, 0.2) is 10.7 Å². The number of nitrogens with zero attached hydrogens (tertiary/aromatic N) is 3. The van der Waals surface area contributed by atoms with E-state index in [0.29, 0.717) is 25.4 Å². The van der Waals surface area contributed by atoms with Crippen LogP contribution in [0.1, 0.15) is 67.4 Å². The Morgan fingerprint density at radius 1 is 1.13 bits per heavy atom. The summed E-state index contributed by atoms with van der Waals surface area (Å²) in [7, 11) is -1.99. The Morgan fingerprint density at radius 2 is 1.87 bits per heavy atom. The summed E-state index contributed by atoms with van der Waals surface area (Å²) in [6.07, 6.45) is 2.13. The van der Waals surface area contributed by atoms with Crippen molar-refractivity contribution in [2.75, 3.05) is 38.1 Å². The SMILES string of the molecule is Cc1noc(C)c1S(=O)(=O)Nc1ccc2c(c1)C(=O)N([C@H](C)CO)C[C@@H](C)[C@@H](CN(C)Cc1ccccc1)OCCCC[C@@H](C)O2. The van der Waals surface area contributed by atoms with Gasteiger partial charge in [-0.15, -0.1) is 0 Å². The lowest BCUT2D eigenvalue weighted by Gasteiger charge is -2.36. The van der Waals surface area contributed by atoms with Gasteiger partial charge in [-0.3, -0.25) is 14.4 Å². The molecule has 0 aliphatic carbocycles. The highest BCUT2D eigenvalue weighted by Gasteiger charge is 2.31. The van der Waals surface area contributed by atoms with Crippen LogP contribution in [0.25, 0.3) is 0 Å². The van der Waals surface area contributed by atoms with E-state index in [9.17, 15) is 18.3 Å². The summed E-state index contributed by atoms with van der Waals surface area (Å²) >= 11 is 0. The van der Waals surface area contributed by atoms with Gasteiger partial charge in [0.25, 0.3) is 15.9 Å². The Balaban J connectivity index is 1.66. The molecule has 4 atom stereocenters. The number of sulfonamides is 1. The van der Waals surface area contributed by atoms with Crippen LogP contribution in [0, 0.1) is 19.8 Å². The molecule has 0 bridgehead atoms. The summed E-state index contributed by atoms with van der Waals surface area (Å²) < 4.78 is 47.0. The molecule has 252 valence electrons. The molecule has 1 aliphatic heterocycles. The van der Waals surface area contributed by atoms with Crippen LogP contribution in [0.3, 0.4) is 0 Å². The van der Waals surface area contributed by atoms with Gasteiger partial charge in [-0.2, -0.15) is 0 Å². The van der Waals surface area contributed by atoms with Crippen LogP contribution in [0.4, 0.5) is 5.69 Å². The number of aliphatic hydroxyl groups excluding tert-OH is 1. The number of nitrogens with one attached hydrogen (secondary N) is 1. The molecule has 46 heavy (non-hydrogen) atoms. The lowest BCUT2D eigenvalue weighted by Crippen LogP contribution is -2.47. The number of fused-ring (bicyclic) bond motifs is 1. The van der Waals surface area contributed by atoms with Gasteiger partial charge >= 0.3 is 0 Å². The number of aliphatic hydroxyl groups is 1. The molecule has 12 heteroatoms. The number of anilines is 1. The van der Waals surface area contributed by atoms with Crippen molar-refractivity contribution < 1.29 is 32.3 Å². The van der Waals surface area contributed by atoms with Gasteiger partial charge in [0.1, 0.15) is 11.4 Å². The van der Waals surface area contributed by atoms with Crippen LogP contribution in [0.5, 0.6) is 5.75 Å². The minimum absolute atomic E-state index is 0.0450. The molecular weight excluding hydrogens is 608 g/mol. The second-order valence-corrected chi connectivity index (χ2v) is 14.1. The van der Waals surface area contributed by atoms with Crippen LogP contribution < -0.4 is 9.46 Å². The highest BCUT2D eigenvalue weighted by atomic mass is 32.2. The molecular formula is C34H48N4O7S. The average Bonchev–Trinajstić information content (AvgIpc) is 3.37. The Morgan fingerprint density at radius 3 is 2.54 bits per heavy atom. The standard InChI is InChI=1S/C34H48N4O7S/c1-23-19-38(24(2)22-39)34(40)30-18-29(36-46(41,42)33-26(4)35-45-27(33)5)15-16-31(30)44-25(3)12-10-11-17-43-32(23)21-37(6)20-28-13-8-7-9-14-28/h7-9,13-16,18,23-25,32,36,39H,10-12,17,19-22H2,1-6H3/t23-,24-,25-,32-/m1/s1. The number of likely N-dealkylation sites (N-methyl/N-ethyl adjacent to an activating group) is 1. The molecule has 2 heterocycles. The van der Waals surface area contributed by atoms with Crippen molar-refractivity contribution in [3.05, 3.63) is 71.1 Å². The first-order valence-corrected chi connectivity index (χ1v) is 17.4. The first-order valence-electron chi connectivity index (χ1n) is 15.9. The Kier molecular flexibility index (Phi) is 12.2. The molecule has 4 rings (SSSR count). The maximum atomic E-state index is 14.4. The zero-order valence-electron chi connectivity index (χ0n) is 27.7. The van der Waals surface area contributed by atoms with Gasteiger partial charge in [0.05, 0.1) is 30.4 Å². The van der Waals surface area contributed by atoms with Crippen molar-refractivity contribution >= 4 is 21.6 Å². The molecule has 2 N–H and O–H groups in total. The summed E-state index contributed by atoms with van der Waals surface area (Å²) in [4.78, 5) is 18.2. The molecule has 3 aromatic rings. The van der Waals surface area contributed by atoms with E-state index < -0.39 is 16.1 Å². The van der Waals surface area contributed by atoms with Gasteiger partial charge in [0.2, 0.25) is 0 Å². The second kappa shape index (κ2) is 15.9. The van der Waals surface area contributed by atoms with Crippen LogP contribution in [-0.2, 0) is 21.3 Å². The second-order valence-electron chi connectivity index (χ2n) is 12.5. The van der Waals surface area contributed by atoms with E-state index in [-0.39, 0.29) is 58.2 Å². The van der Waals surface area contributed by atoms with E-state index in [2.05, 4.69) is 40.9 Å². The summed E-state index contributed by atoms with van der Waals surface area (Å²) in [6.45, 7) is 11.0. The number of aromatic nitrogens is 1. The fourth-order valence-electron chi connectivity index (χ4n) is 5.78. The fraction of sp³-hybridized carbons (Fsp3) is 0.529. The summed E-state index contributed by atoms with van der Waals surface area (Å²) in [5.74, 6) is 0.0683. The molecule has 0 fully saturated rings. The van der Waals surface area contributed by atoms with Crippen LogP contribution in [0.15, 0.2) is 57.9 Å². The molecule has 0 radical (unpaired) electrons. The van der Waals surface area contributed by atoms with Gasteiger partial charge in [-0.25, -0.2) is 8.42 Å². The summed E-state index contributed by atoms with van der Waals surface area (Å²) in [5.41, 5.74) is 1.84. The van der Waals surface area contributed by atoms with E-state index in [1.807, 2.05) is 25.1 Å². The third kappa shape index (κ3) is 9.09. The zero-order chi connectivity index (χ0) is 33.4. The first-order chi connectivity index (χ1) is 21.9. The van der Waals surface area contributed by atoms with Crippen LogP contribution in [-0.4, -0.2) is 86.0 Å². The Bertz CT molecular complexity index is 1530. The van der Waals surface area contributed by atoms with Crippen molar-refractivity contribution in [2.24, 2.45) is 5.92 Å². The average molecular weight is 657 g/mol.